The third kappa shape index (κ3) is 4.95. The van der Waals surface area contributed by atoms with E-state index in [1.807, 2.05) is 67.6 Å². The van der Waals surface area contributed by atoms with Crippen molar-refractivity contribution >= 4 is 5.91 Å². The molecule has 1 amide bonds. The van der Waals surface area contributed by atoms with Crippen LogP contribution in [0.3, 0.4) is 0 Å². The smallest absolute Gasteiger partial charge is 0.218 e. The van der Waals surface area contributed by atoms with E-state index in [0.717, 1.165) is 12.1 Å². The average Bonchev–Trinajstić information content (AvgIpc) is 2.47. The van der Waals surface area contributed by atoms with Gasteiger partial charge in [0.05, 0.1) is 24.9 Å². The standard InChI is InChI=1S/C18H22N2O/c1-15(14-17-9-4-3-5-10-17)19-18(21)11-13-20-12-7-6-8-16(20)2/h3-10,12-13,15H,11,14H2,1-2H3,(H,19,21)/t15-/m0/s1. The molecule has 2 aromatic rings. The van der Waals surface area contributed by atoms with Crippen LogP contribution >= 0.6 is 0 Å². The second kappa shape index (κ2) is 7.48. The minimum absolute atomic E-state index is 0.0502. The van der Waals surface area contributed by atoms with E-state index in [9.17, 15) is 4.79 Å². The van der Waals surface area contributed by atoms with Gasteiger partial charge < -0.3 is 9.88 Å². The molecule has 0 aliphatic carbocycles. The second-order valence-corrected chi connectivity index (χ2v) is 5.29. The number of hydrogen-bond donors (Lipinski definition) is 1. The molecular weight excluding hydrogens is 260 g/mol. The van der Waals surface area contributed by atoms with E-state index >= 15 is 0 Å². The van der Waals surface area contributed by atoms with Crippen molar-refractivity contribution in [3.63, 3.8) is 0 Å². The monoisotopic (exact) mass is 282 g/mol. The maximum Gasteiger partial charge on any atom is 0.218 e. The van der Waals surface area contributed by atoms with Gasteiger partial charge in [-0.2, -0.15) is 0 Å². The number of hydrogen-bond acceptors (Lipinski definition) is 1. The summed E-state index contributed by atoms with van der Waals surface area (Å²) in [6.07, 6.45) is 3.19. The number of pyridine rings is 1. The Morgan fingerprint density at radius 3 is 2.62 bits per heavy atom. The van der Waals surface area contributed by atoms with Crippen LogP contribution in [-0.2, 0) is 11.2 Å². The summed E-state index contributed by atoms with van der Waals surface area (Å²) in [6.45, 7) is 5.96. The summed E-state index contributed by atoms with van der Waals surface area (Å²) in [5, 5.41) is 3.03. The minimum Gasteiger partial charge on any atom is -0.354 e. The van der Waals surface area contributed by atoms with Gasteiger partial charge in [-0.15, -0.1) is 0 Å². The van der Waals surface area contributed by atoms with Gasteiger partial charge in [0.2, 0.25) is 5.91 Å². The predicted molar refractivity (Wildman–Crippen MR) is 83.4 cm³/mol. The molecule has 3 nitrogen and oxygen atoms in total. The Balaban J connectivity index is 1.78. The van der Waals surface area contributed by atoms with Crippen LogP contribution in [0.1, 0.15) is 24.6 Å². The highest BCUT2D eigenvalue weighted by molar-refractivity contribution is 5.77. The summed E-state index contributed by atoms with van der Waals surface area (Å²) < 4.78 is 1.97. The fraction of sp³-hybridized carbons (Fsp3) is 0.278. The number of aryl methyl sites for hydroxylation is 1. The van der Waals surface area contributed by atoms with Gasteiger partial charge in [-0.05, 0) is 25.8 Å². The van der Waals surface area contributed by atoms with Gasteiger partial charge >= 0.3 is 0 Å². The van der Waals surface area contributed by atoms with Gasteiger partial charge in [0.15, 0.2) is 0 Å². The quantitative estimate of drug-likeness (QED) is 0.640. The summed E-state index contributed by atoms with van der Waals surface area (Å²) >= 11 is 0. The van der Waals surface area contributed by atoms with Gasteiger partial charge in [0.25, 0.3) is 0 Å². The number of aromatic nitrogens is 1. The van der Waals surface area contributed by atoms with E-state index < -0.39 is 0 Å². The van der Waals surface area contributed by atoms with Crippen molar-refractivity contribution in [3.05, 3.63) is 72.5 Å². The maximum atomic E-state index is 12.0. The molecule has 0 bridgehead atoms. The lowest BCUT2D eigenvalue weighted by Gasteiger charge is -2.14. The van der Waals surface area contributed by atoms with Crippen molar-refractivity contribution in [3.8, 4) is 0 Å². The zero-order valence-corrected chi connectivity index (χ0v) is 12.6. The molecule has 1 atom stereocenters. The van der Waals surface area contributed by atoms with Crippen molar-refractivity contribution < 1.29 is 9.36 Å². The van der Waals surface area contributed by atoms with Gasteiger partial charge in [-0.3, -0.25) is 4.79 Å². The van der Waals surface area contributed by atoms with Gasteiger partial charge in [-0.1, -0.05) is 48.5 Å². The largest absolute Gasteiger partial charge is 0.354 e. The number of carbonyl (C=O) groups is 1. The van der Waals surface area contributed by atoms with Crippen LogP contribution in [0.4, 0.5) is 0 Å². The lowest BCUT2D eigenvalue weighted by molar-refractivity contribution is -0.640. The molecule has 0 saturated heterocycles. The van der Waals surface area contributed by atoms with Crippen molar-refractivity contribution in [1.82, 2.24) is 5.32 Å². The Bertz CT molecular complexity index is 581. The van der Waals surface area contributed by atoms with E-state index in [2.05, 4.69) is 17.4 Å². The van der Waals surface area contributed by atoms with Gasteiger partial charge in [0, 0.05) is 6.04 Å². The van der Waals surface area contributed by atoms with Crippen LogP contribution in [0.25, 0.3) is 0 Å². The SMILES string of the molecule is Cc1cccc[n+]1[CH-]CC(=O)N[C@@H](C)Cc1ccccc1. The van der Waals surface area contributed by atoms with Crippen LogP contribution in [0, 0.1) is 13.5 Å². The highest BCUT2D eigenvalue weighted by Crippen LogP contribution is 2.03. The molecule has 21 heavy (non-hydrogen) atoms. The van der Waals surface area contributed by atoms with Crippen LogP contribution in [0.5, 0.6) is 0 Å². The second-order valence-electron chi connectivity index (χ2n) is 5.29. The summed E-state index contributed by atoms with van der Waals surface area (Å²) in [4.78, 5) is 12.0. The molecule has 3 heteroatoms. The van der Waals surface area contributed by atoms with Crippen LogP contribution in [0.2, 0.25) is 0 Å². The predicted octanol–water partition coefficient (Wildman–Crippen LogP) is 2.43. The number of rotatable bonds is 6. The van der Waals surface area contributed by atoms with Gasteiger partial charge in [0.1, 0.15) is 0 Å². The molecule has 1 aromatic heterocycles. The lowest BCUT2D eigenvalue weighted by atomic mass is 10.1. The molecule has 1 aromatic carbocycles. The minimum atomic E-state index is 0.0502. The molecule has 0 saturated carbocycles. The van der Waals surface area contributed by atoms with Crippen LogP contribution < -0.4 is 9.88 Å². The lowest BCUT2D eigenvalue weighted by Crippen LogP contribution is -2.39. The Hall–Kier alpha value is -2.29. The molecule has 0 radical (unpaired) electrons. The third-order valence-electron chi connectivity index (χ3n) is 3.37. The van der Waals surface area contributed by atoms with Crippen LogP contribution in [0.15, 0.2) is 54.7 Å². The fourth-order valence-electron chi connectivity index (χ4n) is 2.28. The van der Waals surface area contributed by atoms with Crippen molar-refractivity contribution in [2.45, 2.75) is 32.7 Å². The maximum absolute atomic E-state index is 12.0. The number of nitrogens with one attached hydrogen (secondary N) is 1. The summed E-state index contributed by atoms with van der Waals surface area (Å²) in [5.41, 5.74) is 2.35. The summed E-state index contributed by atoms with van der Waals surface area (Å²) in [5.74, 6) is 0.0502. The first kappa shape index (κ1) is 15.1. The topological polar surface area (TPSA) is 33.0 Å². The Kier molecular flexibility index (Phi) is 5.38. The first-order chi connectivity index (χ1) is 10.1. The molecule has 0 unspecified atom stereocenters. The zero-order valence-electron chi connectivity index (χ0n) is 12.6. The molecule has 0 aliphatic rings. The van der Waals surface area contributed by atoms with E-state index in [0.29, 0.717) is 6.42 Å². The molecule has 0 spiro atoms. The molecule has 0 aliphatic heterocycles. The summed E-state index contributed by atoms with van der Waals surface area (Å²) in [7, 11) is 0. The van der Waals surface area contributed by atoms with Crippen LogP contribution in [-0.4, -0.2) is 11.9 Å². The Labute approximate surface area is 126 Å². The molecule has 0 fully saturated rings. The number of amides is 1. The number of benzene rings is 1. The van der Waals surface area contributed by atoms with E-state index in [1.54, 1.807) is 0 Å². The van der Waals surface area contributed by atoms with Crippen molar-refractivity contribution in [2.75, 3.05) is 0 Å². The molecule has 110 valence electrons. The van der Waals surface area contributed by atoms with Gasteiger partial charge in [-0.25, -0.2) is 0 Å². The fourth-order valence-corrected chi connectivity index (χ4v) is 2.28. The average molecular weight is 282 g/mol. The highest BCUT2D eigenvalue weighted by Gasteiger charge is 2.08. The van der Waals surface area contributed by atoms with E-state index in [4.69, 9.17) is 0 Å². The molecular formula is C18H22N2O. The normalized spacial score (nSPS) is 11.7. The Morgan fingerprint density at radius 1 is 1.19 bits per heavy atom. The number of carbonyl (C=O) groups excluding carboxylic acids is 1. The zero-order chi connectivity index (χ0) is 15.1. The first-order valence-corrected chi connectivity index (χ1v) is 7.28. The van der Waals surface area contributed by atoms with E-state index in [1.165, 1.54) is 5.56 Å². The van der Waals surface area contributed by atoms with Crippen molar-refractivity contribution in [1.29, 1.82) is 0 Å². The first-order valence-electron chi connectivity index (χ1n) is 7.28. The summed E-state index contributed by atoms with van der Waals surface area (Å²) in [6, 6.07) is 16.3. The Morgan fingerprint density at radius 2 is 1.90 bits per heavy atom. The number of nitrogens with zero attached hydrogens (tertiary/aromatic N) is 1. The molecule has 1 heterocycles. The third-order valence-corrected chi connectivity index (χ3v) is 3.37. The van der Waals surface area contributed by atoms with Crippen molar-refractivity contribution in [2.24, 2.45) is 0 Å². The highest BCUT2D eigenvalue weighted by atomic mass is 16.1. The van der Waals surface area contributed by atoms with E-state index in [-0.39, 0.29) is 11.9 Å². The molecule has 1 N–H and O–H groups in total. The molecule has 2 rings (SSSR count).